The fraction of sp³-hybridized carbons (Fsp3) is 0.182. The number of carbonyl (C=O) groups is 1. The first-order valence-corrected chi connectivity index (χ1v) is 14.9. The van der Waals surface area contributed by atoms with Crippen molar-refractivity contribution >= 4 is 46.6 Å². The van der Waals surface area contributed by atoms with Crippen LogP contribution in [-0.2, 0) is 22.6 Å². The number of fused-ring (bicyclic) bond motifs is 1. The predicted molar refractivity (Wildman–Crippen MR) is 168 cm³/mol. The van der Waals surface area contributed by atoms with Crippen LogP contribution in [0.2, 0.25) is 10.0 Å². The number of thiazole rings is 1. The van der Waals surface area contributed by atoms with E-state index in [-0.39, 0.29) is 12.2 Å². The smallest absolute Gasteiger partial charge is 0.338 e. The van der Waals surface area contributed by atoms with Crippen molar-refractivity contribution in [2.45, 2.75) is 32.4 Å². The third-order valence-electron chi connectivity index (χ3n) is 6.91. The number of rotatable bonds is 9. The lowest BCUT2D eigenvalue weighted by atomic mass is 9.95. The first-order chi connectivity index (χ1) is 20.3. The highest BCUT2D eigenvalue weighted by atomic mass is 35.5. The third kappa shape index (κ3) is 6.00. The molecule has 1 atom stereocenters. The predicted octanol–water partition coefficient (Wildman–Crippen LogP) is 6.41. The van der Waals surface area contributed by atoms with Gasteiger partial charge in [0, 0.05) is 15.6 Å². The van der Waals surface area contributed by atoms with Crippen LogP contribution in [0.25, 0.3) is 6.08 Å². The molecule has 2 heterocycles. The largest absolute Gasteiger partial charge is 0.489 e. The Kier molecular flexibility index (Phi) is 9.12. The molecule has 0 unspecified atom stereocenters. The lowest BCUT2D eigenvalue weighted by Crippen LogP contribution is -2.40. The third-order valence-corrected chi connectivity index (χ3v) is 8.48. The number of hydrogen-bond donors (Lipinski definition) is 0. The SMILES string of the molecule is C=CCc1cc(/C=c2\sc3n(c2=O)[C@H](c2ccccc2)C(C(=O)OC)=C(CC)N=3)ccc1OCc1ccc(Cl)cc1Cl. The number of aromatic nitrogens is 1. The Morgan fingerprint density at radius 2 is 1.88 bits per heavy atom. The van der Waals surface area contributed by atoms with Gasteiger partial charge in [-0.2, -0.15) is 0 Å². The van der Waals surface area contributed by atoms with Crippen LogP contribution in [0.1, 0.15) is 41.6 Å². The lowest BCUT2D eigenvalue weighted by Gasteiger charge is -2.25. The van der Waals surface area contributed by atoms with Crippen molar-refractivity contribution < 1.29 is 14.3 Å². The summed E-state index contributed by atoms with van der Waals surface area (Å²) in [6.45, 7) is 6.10. The van der Waals surface area contributed by atoms with Gasteiger partial charge < -0.3 is 9.47 Å². The maximum atomic E-state index is 13.9. The topological polar surface area (TPSA) is 69.9 Å². The Labute approximate surface area is 257 Å². The molecule has 0 saturated carbocycles. The van der Waals surface area contributed by atoms with Gasteiger partial charge >= 0.3 is 5.97 Å². The van der Waals surface area contributed by atoms with Gasteiger partial charge in [-0.15, -0.1) is 6.58 Å². The normalized spacial score (nSPS) is 14.8. The van der Waals surface area contributed by atoms with Crippen LogP contribution in [0.4, 0.5) is 0 Å². The van der Waals surface area contributed by atoms with Crippen LogP contribution in [0.5, 0.6) is 5.75 Å². The van der Waals surface area contributed by atoms with Crippen molar-refractivity contribution in [1.29, 1.82) is 0 Å². The Bertz CT molecular complexity index is 1880. The monoisotopic (exact) mass is 618 g/mol. The zero-order chi connectivity index (χ0) is 29.8. The maximum Gasteiger partial charge on any atom is 0.338 e. The molecule has 0 amide bonds. The molecule has 1 aromatic heterocycles. The van der Waals surface area contributed by atoms with Crippen molar-refractivity contribution in [1.82, 2.24) is 4.57 Å². The van der Waals surface area contributed by atoms with Gasteiger partial charge in [-0.05, 0) is 59.9 Å². The van der Waals surface area contributed by atoms with Gasteiger partial charge in [0.2, 0.25) is 0 Å². The molecule has 0 bridgehead atoms. The fourth-order valence-corrected chi connectivity index (χ4v) is 6.39. The van der Waals surface area contributed by atoms with E-state index in [1.165, 1.54) is 18.4 Å². The number of benzene rings is 3. The molecule has 9 heteroatoms. The van der Waals surface area contributed by atoms with E-state index in [4.69, 9.17) is 37.7 Å². The molecule has 0 N–H and O–H groups in total. The molecule has 5 rings (SSSR count). The second kappa shape index (κ2) is 12.9. The van der Waals surface area contributed by atoms with Gasteiger partial charge in [-0.25, -0.2) is 9.79 Å². The summed E-state index contributed by atoms with van der Waals surface area (Å²) in [5.41, 5.74) is 4.13. The summed E-state index contributed by atoms with van der Waals surface area (Å²) in [6.07, 6.45) is 4.73. The molecule has 0 radical (unpaired) electrons. The zero-order valence-corrected chi connectivity index (χ0v) is 25.4. The number of ether oxygens (including phenoxy) is 2. The first kappa shape index (κ1) is 29.6. The highest BCUT2D eigenvalue weighted by molar-refractivity contribution is 7.07. The number of halogens is 2. The molecule has 6 nitrogen and oxygen atoms in total. The average Bonchev–Trinajstić information content (AvgIpc) is 3.30. The van der Waals surface area contributed by atoms with E-state index >= 15 is 0 Å². The second-order valence-electron chi connectivity index (χ2n) is 9.58. The Balaban J connectivity index is 1.56. The van der Waals surface area contributed by atoms with Crippen molar-refractivity contribution in [3.8, 4) is 5.75 Å². The molecule has 4 aromatic rings. The number of nitrogens with zero attached hydrogens (tertiary/aromatic N) is 2. The fourth-order valence-electron chi connectivity index (χ4n) is 4.91. The van der Waals surface area contributed by atoms with E-state index < -0.39 is 12.0 Å². The molecule has 0 spiro atoms. The highest BCUT2D eigenvalue weighted by Gasteiger charge is 2.33. The van der Waals surface area contributed by atoms with Crippen LogP contribution in [0.3, 0.4) is 0 Å². The van der Waals surface area contributed by atoms with Crippen molar-refractivity contribution in [3.05, 3.63) is 143 Å². The van der Waals surface area contributed by atoms with E-state index in [9.17, 15) is 9.59 Å². The molecule has 42 heavy (non-hydrogen) atoms. The van der Waals surface area contributed by atoms with Gasteiger partial charge in [0.05, 0.1) is 29.0 Å². The Hall–Kier alpha value is -3.91. The van der Waals surface area contributed by atoms with Crippen molar-refractivity contribution in [3.63, 3.8) is 0 Å². The molecule has 1 aliphatic rings. The summed E-state index contributed by atoms with van der Waals surface area (Å²) < 4.78 is 13.3. The minimum Gasteiger partial charge on any atom is -0.489 e. The summed E-state index contributed by atoms with van der Waals surface area (Å²) in [7, 11) is 1.34. The Morgan fingerprint density at radius 3 is 2.57 bits per heavy atom. The number of esters is 1. The van der Waals surface area contributed by atoms with E-state index in [1.807, 2.05) is 67.6 Å². The standard InChI is InChI=1S/C33H28Cl2N2O4S/c1-4-9-22-16-20(12-15-27(22)41-19-23-13-14-24(34)18-25(23)35)17-28-31(38)37-30(21-10-7-6-8-11-21)29(32(39)40-3)26(5-2)36-33(37)42-28/h4,6-8,10-18,30H,1,5,9,19H2,2-3H3/b28-17-/t30-/m1/s1. The first-order valence-electron chi connectivity index (χ1n) is 13.3. The van der Waals surface area contributed by atoms with Crippen LogP contribution < -0.4 is 19.6 Å². The molecule has 1 aliphatic heterocycles. The molecule has 0 aliphatic carbocycles. The van der Waals surface area contributed by atoms with Crippen LogP contribution >= 0.6 is 34.5 Å². The van der Waals surface area contributed by atoms with Crippen LogP contribution in [-0.4, -0.2) is 17.6 Å². The molecular formula is C33H28Cl2N2O4S. The van der Waals surface area contributed by atoms with Crippen molar-refractivity contribution in [2.24, 2.45) is 4.99 Å². The Morgan fingerprint density at radius 1 is 1.10 bits per heavy atom. The number of hydrogen-bond acceptors (Lipinski definition) is 6. The molecule has 3 aromatic carbocycles. The van der Waals surface area contributed by atoms with E-state index in [1.54, 1.807) is 22.8 Å². The maximum absolute atomic E-state index is 13.9. The highest BCUT2D eigenvalue weighted by Crippen LogP contribution is 2.32. The molecular weight excluding hydrogens is 591 g/mol. The van der Waals surface area contributed by atoms with Crippen LogP contribution in [0.15, 0.2) is 100 Å². The second-order valence-corrected chi connectivity index (χ2v) is 11.4. The number of methoxy groups -OCH3 is 1. The van der Waals surface area contributed by atoms with Crippen LogP contribution in [0, 0.1) is 0 Å². The van der Waals surface area contributed by atoms with Crippen molar-refractivity contribution in [2.75, 3.05) is 7.11 Å². The van der Waals surface area contributed by atoms with Gasteiger partial charge in [0.1, 0.15) is 12.4 Å². The summed E-state index contributed by atoms with van der Waals surface area (Å²) in [5, 5.41) is 1.10. The summed E-state index contributed by atoms with van der Waals surface area (Å²) in [5.74, 6) is 0.196. The van der Waals surface area contributed by atoms with Gasteiger partial charge in [0.15, 0.2) is 4.80 Å². The van der Waals surface area contributed by atoms with E-state index in [0.717, 1.165) is 22.3 Å². The summed E-state index contributed by atoms with van der Waals surface area (Å²) in [6, 6.07) is 19.9. The van der Waals surface area contributed by atoms with E-state index in [0.29, 0.717) is 49.2 Å². The average molecular weight is 620 g/mol. The van der Waals surface area contributed by atoms with E-state index in [2.05, 4.69) is 6.58 Å². The minimum absolute atomic E-state index is 0.230. The minimum atomic E-state index is -0.640. The number of carbonyl (C=O) groups excluding carboxylic acids is 1. The molecule has 214 valence electrons. The summed E-state index contributed by atoms with van der Waals surface area (Å²) >= 11 is 13.6. The van der Waals surface area contributed by atoms with Gasteiger partial charge in [-0.3, -0.25) is 9.36 Å². The quantitative estimate of drug-likeness (QED) is 0.160. The van der Waals surface area contributed by atoms with Gasteiger partial charge in [-0.1, -0.05) is 90.0 Å². The molecule has 0 fully saturated rings. The lowest BCUT2D eigenvalue weighted by molar-refractivity contribution is -0.136. The number of allylic oxidation sites excluding steroid dienone is 2. The zero-order valence-electron chi connectivity index (χ0n) is 23.1. The summed E-state index contributed by atoms with van der Waals surface area (Å²) in [4.78, 5) is 32.1. The molecule has 0 saturated heterocycles. The van der Waals surface area contributed by atoms with Gasteiger partial charge in [0.25, 0.3) is 5.56 Å².